The molecule has 6 heteroatoms. The second-order valence-electron chi connectivity index (χ2n) is 5.27. The van der Waals surface area contributed by atoms with Gasteiger partial charge in [-0.25, -0.2) is 4.79 Å². The van der Waals surface area contributed by atoms with E-state index in [2.05, 4.69) is 10.6 Å². The number of rotatable bonds is 4. The summed E-state index contributed by atoms with van der Waals surface area (Å²) in [5.74, 6) is -0.733. The minimum absolute atomic E-state index is 0.120. The number of esters is 1. The van der Waals surface area contributed by atoms with Crippen molar-refractivity contribution in [3.63, 3.8) is 0 Å². The van der Waals surface area contributed by atoms with E-state index in [9.17, 15) is 14.4 Å². The molecule has 1 aliphatic heterocycles. The van der Waals surface area contributed by atoms with Crippen LogP contribution in [-0.2, 0) is 14.3 Å². The minimum atomic E-state index is -0.739. The average Bonchev–Trinajstić information content (AvgIpc) is 2.81. The Bertz CT molecular complexity index is 568. The molecule has 0 saturated carbocycles. The Hall–Kier alpha value is -2.37. The maximum Gasteiger partial charge on any atom is 0.338 e. The van der Waals surface area contributed by atoms with E-state index in [1.165, 1.54) is 0 Å². The highest BCUT2D eigenvalue weighted by Gasteiger charge is 2.40. The highest BCUT2D eigenvalue weighted by atomic mass is 16.5. The van der Waals surface area contributed by atoms with Crippen molar-refractivity contribution >= 4 is 23.5 Å². The lowest BCUT2D eigenvalue weighted by Crippen LogP contribution is -2.35. The number of nitrogens with one attached hydrogen (secondary N) is 2. The van der Waals surface area contributed by atoms with Crippen LogP contribution < -0.4 is 10.6 Å². The summed E-state index contributed by atoms with van der Waals surface area (Å²) in [6.07, 6.45) is 0.180. The van der Waals surface area contributed by atoms with Gasteiger partial charge in [0, 0.05) is 18.7 Å². The van der Waals surface area contributed by atoms with E-state index in [-0.39, 0.29) is 18.2 Å². The predicted octanol–water partition coefficient (Wildman–Crippen LogP) is 1.33. The van der Waals surface area contributed by atoms with Gasteiger partial charge in [-0.2, -0.15) is 0 Å². The van der Waals surface area contributed by atoms with Crippen LogP contribution in [0.2, 0.25) is 0 Å². The number of carbonyl (C=O) groups excluding carboxylic acids is 3. The van der Waals surface area contributed by atoms with Crippen molar-refractivity contribution in [1.82, 2.24) is 5.32 Å². The van der Waals surface area contributed by atoms with Gasteiger partial charge in [-0.05, 0) is 38.1 Å². The summed E-state index contributed by atoms with van der Waals surface area (Å²) in [5.41, 5.74) is 0.268. The fourth-order valence-electron chi connectivity index (χ4n) is 2.12. The molecule has 2 rings (SSSR count). The number of ether oxygens (including phenoxy) is 1. The molecule has 0 aliphatic carbocycles. The third-order valence-electron chi connectivity index (χ3n) is 3.43. The molecule has 1 atom stereocenters. The molecule has 0 bridgehead atoms. The van der Waals surface area contributed by atoms with Gasteiger partial charge in [0.25, 0.3) is 0 Å². The molecule has 1 aromatic carbocycles. The molecule has 1 saturated heterocycles. The van der Waals surface area contributed by atoms with Gasteiger partial charge in [0.15, 0.2) is 0 Å². The first-order chi connectivity index (χ1) is 9.94. The molecule has 0 spiro atoms. The van der Waals surface area contributed by atoms with Crippen LogP contribution in [0.3, 0.4) is 0 Å². The number of carbonyl (C=O) groups is 3. The summed E-state index contributed by atoms with van der Waals surface area (Å²) in [5, 5.41) is 5.41. The lowest BCUT2D eigenvalue weighted by Gasteiger charge is -2.20. The van der Waals surface area contributed by atoms with Gasteiger partial charge in [0.1, 0.15) is 0 Å². The van der Waals surface area contributed by atoms with E-state index in [1.54, 1.807) is 38.1 Å². The highest BCUT2D eigenvalue weighted by molar-refractivity contribution is 6.00. The summed E-state index contributed by atoms with van der Waals surface area (Å²) >= 11 is 0. The van der Waals surface area contributed by atoms with E-state index in [1.807, 2.05) is 0 Å². The normalized spacial score (nSPS) is 20.8. The zero-order valence-electron chi connectivity index (χ0n) is 12.1. The molecular formula is C15H18N2O4. The molecule has 1 heterocycles. The van der Waals surface area contributed by atoms with Crippen molar-refractivity contribution in [2.45, 2.75) is 20.3 Å². The van der Waals surface area contributed by atoms with Crippen molar-refractivity contribution in [1.29, 1.82) is 0 Å². The molecule has 112 valence electrons. The summed E-state index contributed by atoms with van der Waals surface area (Å²) < 4.78 is 4.89. The van der Waals surface area contributed by atoms with Crippen LogP contribution in [-0.4, -0.2) is 30.9 Å². The van der Waals surface area contributed by atoms with Gasteiger partial charge >= 0.3 is 5.97 Å². The van der Waals surface area contributed by atoms with Crippen LogP contribution >= 0.6 is 0 Å². The number of hydrogen-bond acceptors (Lipinski definition) is 4. The summed E-state index contributed by atoms with van der Waals surface area (Å²) in [4.78, 5) is 35.0. The molecule has 1 unspecified atom stereocenters. The van der Waals surface area contributed by atoms with Crippen molar-refractivity contribution in [2.75, 3.05) is 18.5 Å². The number of benzene rings is 1. The lowest BCUT2D eigenvalue weighted by atomic mass is 9.88. The predicted molar refractivity (Wildman–Crippen MR) is 76.8 cm³/mol. The SMILES string of the molecule is CCOC(=O)c1ccc(NC(=O)C2(C)CNC(=O)C2)cc1. The fraction of sp³-hybridized carbons (Fsp3) is 0.400. The lowest BCUT2D eigenvalue weighted by molar-refractivity contribution is -0.126. The smallest absolute Gasteiger partial charge is 0.338 e. The van der Waals surface area contributed by atoms with Crippen LogP contribution in [0, 0.1) is 5.41 Å². The molecule has 6 nitrogen and oxygen atoms in total. The van der Waals surface area contributed by atoms with Crippen LogP contribution in [0.1, 0.15) is 30.6 Å². The quantitative estimate of drug-likeness (QED) is 0.819. The molecule has 2 N–H and O–H groups in total. The summed E-state index contributed by atoms with van der Waals surface area (Å²) in [6.45, 7) is 4.13. The number of anilines is 1. The Labute approximate surface area is 122 Å². The van der Waals surface area contributed by atoms with Gasteiger partial charge in [-0.3, -0.25) is 9.59 Å². The molecule has 21 heavy (non-hydrogen) atoms. The Balaban J connectivity index is 2.02. The first-order valence-electron chi connectivity index (χ1n) is 6.80. The Morgan fingerprint density at radius 1 is 1.33 bits per heavy atom. The first-order valence-corrected chi connectivity index (χ1v) is 6.80. The average molecular weight is 290 g/mol. The minimum Gasteiger partial charge on any atom is -0.462 e. The Morgan fingerprint density at radius 2 is 2.00 bits per heavy atom. The second-order valence-corrected chi connectivity index (χ2v) is 5.27. The topological polar surface area (TPSA) is 84.5 Å². The van der Waals surface area contributed by atoms with Gasteiger partial charge in [0.05, 0.1) is 17.6 Å². The molecule has 1 aromatic rings. The van der Waals surface area contributed by atoms with Gasteiger partial charge in [-0.1, -0.05) is 0 Å². The van der Waals surface area contributed by atoms with Crippen molar-refractivity contribution < 1.29 is 19.1 Å². The van der Waals surface area contributed by atoms with Crippen molar-refractivity contribution in [3.05, 3.63) is 29.8 Å². The van der Waals surface area contributed by atoms with E-state index >= 15 is 0 Å². The number of hydrogen-bond donors (Lipinski definition) is 2. The third-order valence-corrected chi connectivity index (χ3v) is 3.43. The molecular weight excluding hydrogens is 272 g/mol. The van der Waals surface area contributed by atoms with E-state index in [0.29, 0.717) is 24.4 Å². The summed E-state index contributed by atoms with van der Waals surface area (Å²) in [6, 6.07) is 6.46. The van der Waals surface area contributed by atoms with E-state index < -0.39 is 11.4 Å². The Kier molecular flexibility index (Phi) is 4.26. The fourth-order valence-corrected chi connectivity index (χ4v) is 2.12. The largest absolute Gasteiger partial charge is 0.462 e. The Morgan fingerprint density at radius 3 is 2.52 bits per heavy atom. The molecule has 0 radical (unpaired) electrons. The third kappa shape index (κ3) is 3.39. The van der Waals surface area contributed by atoms with Crippen LogP contribution in [0.4, 0.5) is 5.69 Å². The van der Waals surface area contributed by atoms with Gasteiger partial charge in [0.2, 0.25) is 11.8 Å². The second kappa shape index (κ2) is 5.95. The summed E-state index contributed by atoms with van der Waals surface area (Å²) in [7, 11) is 0. The van der Waals surface area contributed by atoms with E-state index in [0.717, 1.165) is 0 Å². The maximum absolute atomic E-state index is 12.2. The van der Waals surface area contributed by atoms with Gasteiger partial charge in [-0.15, -0.1) is 0 Å². The standard InChI is InChI=1S/C15H18N2O4/c1-3-21-13(19)10-4-6-11(7-5-10)17-14(20)15(2)8-12(18)16-9-15/h4-7H,3,8-9H2,1-2H3,(H,16,18)(H,17,20). The zero-order chi connectivity index (χ0) is 15.5. The van der Waals surface area contributed by atoms with Crippen LogP contribution in [0.25, 0.3) is 0 Å². The molecule has 2 amide bonds. The molecule has 1 fully saturated rings. The molecule has 1 aliphatic rings. The van der Waals surface area contributed by atoms with Gasteiger partial charge < -0.3 is 15.4 Å². The highest BCUT2D eigenvalue weighted by Crippen LogP contribution is 2.27. The van der Waals surface area contributed by atoms with Crippen molar-refractivity contribution in [3.8, 4) is 0 Å². The van der Waals surface area contributed by atoms with Crippen LogP contribution in [0.15, 0.2) is 24.3 Å². The monoisotopic (exact) mass is 290 g/mol. The zero-order valence-corrected chi connectivity index (χ0v) is 12.1. The van der Waals surface area contributed by atoms with Crippen molar-refractivity contribution in [2.24, 2.45) is 5.41 Å². The van der Waals surface area contributed by atoms with E-state index in [4.69, 9.17) is 4.74 Å². The first kappa shape index (κ1) is 15.0. The van der Waals surface area contributed by atoms with Crippen LogP contribution in [0.5, 0.6) is 0 Å². The number of amides is 2. The maximum atomic E-state index is 12.2. The molecule has 0 aromatic heterocycles.